The highest BCUT2D eigenvalue weighted by Gasteiger charge is 2.20. The molecule has 0 aliphatic rings. The SMILES string of the molecule is OB(O)c1ccc(N(c2ccc(B(O)O)cc2)c2ccc(N(c3ccc(B(O)O)cc3)c3ccc(B(O)O)cc3)cc2)cc1. The Balaban J connectivity index is 1.57. The molecule has 14 heteroatoms. The molecular weight excluding hydrogens is 560 g/mol. The average Bonchev–Trinajstić information content (AvgIpc) is 3.03. The van der Waals surface area contributed by atoms with E-state index in [0.29, 0.717) is 44.6 Å². The number of hydrogen-bond donors (Lipinski definition) is 8. The summed E-state index contributed by atoms with van der Waals surface area (Å²) < 4.78 is 0. The molecule has 218 valence electrons. The maximum absolute atomic E-state index is 9.57. The largest absolute Gasteiger partial charge is 0.488 e. The molecule has 5 rings (SSSR count). The fourth-order valence-electron chi connectivity index (χ4n) is 4.83. The van der Waals surface area contributed by atoms with Crippen LogP contribution in [0.15, 0.2) is 121 Å². The van der Waals surface area contributed by atoms with Crippen molar-refractivity contribution in [3.05, 3.63) is 121 Å². The normalized spacial score (nSPS) is 10.7. The van der Waals surface area contributed by atoms with E-state index in [1.807, 2.05) is 34.1 Å². The monoisotopic (exact) mass is 588 g/mol. The number of benzene rings is 5. The zero-order valence-electron chi connectivity index (χ0n) is 23.3. The van der Waals surface area contributed by atoms with Crippen LogP contribution >= 0.6 is 0 Å². The van der Waals surface area contributed by atoms with Gasteiger partial charge in [0.05, 0.1) is 0 Å². The smallest absolute Gasteiger partial charge is 0.423 e. The van der Waals surface area contributed by atoms with Crippen LogP contribution in [-0.4, -0.2) is 68.7 Å². The highest BCUT2D eigenvalue weighted by atomic mass is 16.4. The van der Waals surface area contributed by atoms with E-state index >= 15 is 0 Å². The Labute approximate surface area is 255 Å². The molecule has 0 bridgehead atoms. The van der Waals surface area contributed by atoms with Crippen LogP contribution in [0.5, 0.6) is 0 Å². The molecule has 5 aromatic rings. The third-order valence-corrected chi connectivity index (χ3v) is 7.16. The van der Waals surface area contributed by atoms with E-state index in [1.165, 1.54) is 0 Å². The van der Waals surface area contributed by atoms with Crippen molar-refractivity contribution >= 4 is 84.4 Å². The van der Waals surface area contributed by atoms with E-state index in [2.05, 4.69) is 0 Å². The number of anilines is 6. The van der Waals surface area contributed by atoms with Crippen molar-refractivity contribution in [1.82, 2.24) is 0 Å². The number of hydrogen-bond acceptors (Lipinski definition) is 10. The molecule has 0 unspecified atom stereocenters. The Bertz CT molecular complexity index is 1430. The molecule has 5 aromatic carbocycles. The Kier molecular flexibility index (Phi) is 9.55. The summed E-state index contributed by atoms with van der Waals surface area (Å²) in [6.07, 6.45) is 0. The fraction of sp³-hybridized carbons (Fsp3) is 0. The van der Waals surface area contributed by atoms with Crippen molar-refractivity contribution < 1.29 is 40.2 Å². The lowest BCUT2D eigenvalue weighted by atomic mass is 9.80. The van der Waals surface area contributed by atoms with Gasteiger partial charge in [0.15, 0.2) is 0 Å². The predicted octanol–water partition coefficient (Wildman–Crippen LogP) is -0.655. The van der Waals surface area contributed by atoms with Crippen LogP contribution in [0.1, 0.15) is 0 Å². The summed E-state index contributed by atoms with van der Waals surface area (Å²) in [5.41, 5.74) is 5.69. The Morgan fingerprint density at radius 3 is 0.523 bits per heavy atom. The van der Waals surface area contributed by atoms with Gasteiger partial charge in [-0.1, -0.05) is 48.5 Å². The maximum atomic E-state index is 9.57. The van der Waals surface area contributed by atoms with Crippen molar-refractivity contribution in [2.45, 2.75) is 0 Å². The van der Waals surface area contributed by atoms with Gasteiger partial charge >= 0.3 is 28.5 Å². The van der Waals surface area contributed by atoms with Gasteiger partial charge in [-0.3, -0.25) is 0 Å². The fourth-order valence-corrected chi connectivity index (χ4v) is 4.83. The average molecular weight is 588 g/mol. The van der Waals surface area contributed by atoms with E-state index in [9.17, 15) is 40.2 Å². The molecule has 0 heterocycles. The maximum Gasteiger partial charge on any atom is 0.488 e. The minimum atomic E-state index is -1.61. The summed E-state index contributed by atoms with van der Waals surface area (Å²) in [5, 5.41) is 76.5. The van der Waals surface area contributed by atoms with Crippen LogP contribution in [0.3, 0.4) is 0 Å². The molecule has 0 aliphatic carbocycles. The van der Waals surface area contributed by atoms with Crippen LogP contribution in [0.25, 0.3) is 0 Å². The molecule has 0 saturated heterocycles. The molecule has 0 atom stereocenters. The molecule has 0 saturated carbocycles. The van der Waals surface area contributed by atoms with Gasteiger partial charge in [-0.2, -0.15) is 0 Å². The molecule has 0 aliphatic heterocycles. The molecule has 0 radical (unpaired) electrons. The van der Waals surface area contributed by atoms with Crippen LogP contribution in [-0.2, 0) is 0 Å². The summed E-state index contributed by atoms with van der Waals surface area (Å²) in [6.45, 7) is 0. The second kappa shape index (κ2) is 13.5. The zero-order chi connectivity index (χ0) is 31.4. The zero-order valence-corrected chi connectivity index (χ0v) is 23.3. The van der Waals surface area contributed by atoms with Gasteiger partial charge in [-0.25, -0.2) is 0 Å². The Hall–Kier alpha value is -4.36. The summed E-state index contributed by atoms with van der Waals surface area (Å²) in [5.74, 6) is 0. The molecule has 0 spiro atoms. The molecule has 10 nitrogen and oxygen atoms in total. The van der Waals surface area contributed by atoms with E-state index < -0.39 is 28.5 Å². The predicted molar refractivity (Wildman–Crippen MR) is 175 cm³/mol. The molecule has 44 heavy (non-hydrogen) atoms. The third-order valence-electron chi connectivity index (χ3n) is 7.16. The summed E-state index contributed by atoms with van der Waals surface area (Å²) in [6, 6.07) is 34.4. The molecule has 0 amide bonds. The lowest BCUT2D eigenvalue weighted by Gasteiger charge is -2.28. The first-order valence-electron chi connectivity index (χ1n) is 13.7. The summed E-state index contributed by atoms with van der Waals surface area (Å²) >= 11 is 0. The third kappa shape index (κ3) is 6.89. The first-order chi connectivity index (χ1) is 21.1. The van der Waals surface area contributed by atoms with Gasteiger partial charge in [0.2, 0.25) is 0 Å². The van der Waals surface area contributed by atoms with Crippen LogP contribution in [0, 0.1) is 0 Å². The second-order valence-corrected chi connectivity index (χ2v) is 10.0. The van der Waals surface area contributed by atoms with Crippen molar-refractivity contribution in [2.75, 3.05) is 9.80 Å². The van der Waals surface area contributed by atoms with Gasteiger partial charge in [0.1, 0.15) is 0 Å². The topological polar surface area (TPSA) is 168 Å². The van der Waals surface area contributed by atoms with E-state index in [1.54, 1.807) is 97.1 Å². The van der Waals surface area contributed by atoms with E-state index in [4.69, 9.17) is 0 Å². The standard InChI is InChI=1S/C30H28B4N2O8/c37-31(38)21-1-9-25(10-2-21)35(26-11-3-22(4-12-26)32(39)40)29-17-19-30(20-18-29)36(27-13-5-23(6-14-27)33(41)42)28-15-7-24(8-16-28)34(43)44/h1-20,37-44H. The molecule has 0 fully saturated rings. The van der Waals surface area contributed by atoms with Crippen molar-refractivity contribution in [2.24, 2.45) is 0 Å². The van der Waals surface area contributed by atoms with E-state index in [-0.39, 0.29) is 0 Å². The summed E-state index contributed by atoms with van der Waals surface area (Å²) in [7, 11) is -6.45. The van der Waals surface area contributed by atoms with Gasteiger partial charge in [-0.05, 0) is 94.6 Å². The molecule has 8 N–H and O–H groups in total. The van der Waals surface area contributed by atoms with Gasteiger partial charge in [0, 0.05) is 34.1 Å². The van der Waals surface area contributed by atoms with Crippen LogP contribution in [0.4, 0.5) is 34.1 Å². The van der Waals surface area contributed by atoms with Gasteiger partial charge in [-0.15, -0.1) is 0 Å². The minimum absolute atomic E-state index is 0.331. The Morgan fingerprint density at radius 2 is 0.386 bits per heavy atom. The second-order valence-electron chi connectivity index (χ2n) is 10.0. The lowest BCUT2D eigenvalue weighted by molar-refractivity contribution is 0.424. The quantitative estimate of drug-likeness (QED) is 0.0983. The minimum Gasteiger partial charge on any atom is -0.423 e. The van der Waals surface area contributed by atoms with Gasteiger partial charge in [0.25, 0.3) is 0 Å². The first-order valence-corrected chi connectivity index (χ1v) is 13.7. The van der Waals surface area contributed by atoms with Gasteiger partial charge < -0.3 is 50.0 Å². The van der Waals surface area contributed by atoms with Crippen LogP contribution < -0.4 is 31.7 Å². The number of rotatable bonds is 10. The lowest BCUT2D eigenvalue weighted by Crippen LogP contribution is -2.30. The van der Waals surface area contributed by atoms with E-state index in [0.717, 1.165) is 11.4 Å². The van der Waals surface area contributed by atoms with Crippen molar-refractivity contribution in [3.63, 3.8) is 0 Å². The summed E-state index contributed by atoms with van der Waals surface area (Å²) in [4.78, 5) is 3.84. The number of nitrogens with zero attached hydrogens (tertiary/aromatic N) is 2. The molecular formula is C30H28B4N2O8. The molecule has 0 aromatic heterocycles. The van der Waals surface area contributed by atoms with Crippen molar-refractivity contribution in [1.29, 1.82) is 0 Å². The highest BCUT2D eigenvalue weighted by Crippen LogP contribution is 2.38. The highest BCUT2D eigenvalue weighted by molar-refractivity contribution is 6.59. The first kappa shape index (κ1) is 31.1. The van der Waals surface area contributed by atoms with Crippen LogP contribution in [0.2, 0.25) is 0 Å². The van der Waals surface area contributed by atoms with Crippen molar-refractivity contribution in [3.8, 4) is 0 Å². The Morgan fingerprint density at radius 1 is 0.250 bits per heavy atom.